The predicted octanol–water partition coefficient (Wildman–Crippen LogP) is 4.97. The van der Waals surface area contributed by atoms with Crippen LogP contribution in [0, 0.1) is 17.8 Å². The molecule has 0 radical (unpaired) electrons. The summed E-state index contributed by atoms with van der Waals surface area (Å²) in [5.41, 5.74) is 0.721. The largest absolute Gasteiger partial charge is 0.325 e. The number of benzene rings is 1. The van der Waals surface area contributed by atoms with Gasteiger partial charge in [-0.2, -0.15) is 0 Å². The van der Waals surface area contributed by atoms with Gasteiger partial charge in [-0.15, -0.1) is 0 Å². The first-order chi connectivity index (χ1) is 8.32. The van der Waals surface area contributed by atoms with Gasteiger partial charge in [-0.3, -0.25) is 4.79 Å². The number of nitrogens with one attached hydrogen (secondary N) is 1. The average Bonchev–Trinajstić information content (AvgIpc) is 2.22. The molecular formula is C14H19BrClNO. The van der Waals surface area contributed by atoms with Gasteiger partial charge in [0.1, 0.15) is 0 Å². The van der Waals surface area contributed by atoms with Gasteiger partial charge in [0, 0.05) is 15.4 Å². The Morgan fingerprint density at radius 2 is 1.78 bits per heavy atom. The number of halogens is 2. The maximum absolute atomic E-state index is 12.3. The van der Waals surface area contributed by atoms with E-state index in [0.717, 1.165) is 10.2 Å². The molecule has 0 unspecified atom stereocenters. The van der Waals surface area contributed by atoms with Crippen molar-refractivity contribution in [1.29, 1.82) is 0 Å². The molecule has 0 bridgehead atoms. The van der Waals surface area contributed by atoms with Crippen LogP contribution in [0.1, 0.15) is 27.7 Å². The molecule has 0 saturated heterocycles. The molecule has 1 amide bonds. The molecule has 0 aromatic heterocycles. The molecule has 0 saturated carbocycles. The van der Waals surface area contributed by atoms with E-state index in [9.17, 15) is 4.79 Å². The summed E-state index contributed by atoms with van der Waals surface area (Å²) < 4.78 is 0.839. The van der Waals surface area contributed by atoms with Gasteiger partial charge in [-0.05, 0) is 46.0 Å². The van der Waals surface area contributed by atoms with Crippen molar-refractivity contribution in [1.82, 2.24) is 0 Å². The smallest absolute Gasteiger partial charge is 0.228 e. The van der Waals surface area contributed by atoms with Crippen LogP contribution in [0.15, 0.2) is 22.7 Å². The van der Waals surface area contributed by atoms with Crippen LogP contribution in [-0.2, 0) is 4.79 Å². The maximum Gasteiger partial charge on any atom is 0.228 e. The van der Waals surface area contributed by atoms with Crippen LogP contribution >= 0.6 is 27.5 Å². The first kappa shape index (κ1) is 15.5. The van der Waals surface area contributed by atoms with Crippen LogP contribution in [0.5, 0.6) is 0 Å². The SMILES string of the molecule is CC(C)C(C(=O)Nc1cc(Cl)ccc1Br)C(C)C. The highest BCUT2D eigenvalue weighted by Gasteiger charge is 2.25. The molecule has 0 spiro atoms. The fraction of sp³-hybridized carbons (Fsp3) is 0.500. The first-order valence-corrected chi connectivity index (χ1v) is 7.26. The molecule has 1 aromatic carbocycles. The zero-order valence-electron chi connectivity index (χ0n) is 11.1. The summed E-state index contributed by atoms with van der Waals surface area (Å²) in [5, 5.41) is 3.55. The lowest BCUT2D eigenvalue weighted by Crippen LogP contribution is -2.31. The molecule has 1 rings (SSSR count). The Morgan fingerprint density at radius 1 is 1.22 bits per heavy atom. The van der Waals surface area contributed by atoms with Gasteiger partial charge in [0.15, 0.2) is 0 Å². The lowest BCUT2D eigenvalue weighted by molar-refractivity contribution is -0.122. The molecule has 0 fully saturated rings. The van der Waals surface area contributed by atoms with Crippen molar-refractivity contribution in [2.45, 2.75) is 27.7 Å². The van der Waals surface area contributed by atoms with Crippen LogP contribution in [0.2, 0.25) is 5.02 Å². The fourth-order valence-electron chi connectivity index (χ4n) is 2.18. The van der Waals surface area contributed by atoms with E-state index in [1.54, 1.807) is 12.1 Å². The summed E-state index contributed by atoms with van der Waals surface area (Å²) in [5.74, 6) is 0.657. The molecule has 0 aliphatic rings. The highest BCUT2D eigenvalue weighted by Crippen LogP contribution is 2.28. The van der Waals surface area contributed by atoms with Crippen LogP contribution in [0.25, 0.3) is 0 Å². The van der Waals surface area contributed by atoms with Gasteiger partial charge in [-0.25, -0.2) is 0 Å². The van der Waals surface area contributed by atoms with Crippen LogP contribution in [-0.4, -0.2) is 5.91 Å². The Kier molecular flexibility index (Phi) is 5.67. The predicted molar refractivity (Wildman–Crippen MR) is 80.9 cm³/mol. The highest BCUT2D eigenvalue weighted by atomic mass is 79.9. The van der Waals surface area contributed by atoms with Crippen molar-refractivity contribution in [3.8, 4) is 0 Å². The number of anilines is 1. The third kappa shape index (κ3) is 3.99. The van der Waals surface area contributed by atoms with E-state index in [-0.39, 0.29) is 11.8 Å². The minimum atomic E-state index is -0.00381. The van der Waals surface area contributed by atoms with Gasteiger partial charge in [0.05, 0.1) is 5.69 Å². The van der Waals surface area contributed by atoms with Gasteiger partial charge >= 0.3 is 0 Å². The molecule has 0 aliphatic carbocycles. The van der Waals surface area contributed by atoms with E-state index < -0.39 is 0 Å². The summed E-state index contributed by atoms with van der Waals surface area (Å²) in [6.07, 6.45) is 0. The molecule has 4 heteroatoms. The van der Waals surface area contributed by atoms with E-state index in [1.165, 1.54) is 0 Å². The van der Waals surface area contributed by atoms with E-state index in [0.29, 0.717) is 16.9 Å². The molecule has 0 heterocycles. The van der Waals surface area contributed by atoms with Gasteiger partial charge in [0.2, 0.25) is 5.91 Å². The Balaban J connectivity index is 2.89. The van der Waals surface area contributed by atoms with Crippen LogP contribution in [0.4, 0.5) is 5.69 Å². The third-order valence-corrected chi connectivity index (χ3v) is 3.85. The Morgan fingerprint density at radius 3 is 2.28 bits per heavy atom. The summed E-state index contributed by atoms with van der Waals surface area (Å²) >= 11 is 9.34. The summed E-state index contributed by atoms with van der Waals surface area (Å²) in [6, 6.07) is 5.36. The first-order valence-electron chi connectivity index (χ1n) is 6.08. The van der Waals surface area contributed by atoms with Crippen molar-refractivity contribution in [2.24, 2.45) is 17.8 Å². The minimum Gasteiger partial charge on any atom is -0.325 e. The summed E-state index contributed by atoms with van der Waals surface area (Å²) in [6.45, 7) is 8.27. The zero-order valence-corrected chi connectivity index (χ0v) is 13.5. The monoisotopic (exact) mass is 331 g/mol. The Labute approximate surface area is 122 Å². The third-order valence-electron chi connectivity index (χ3n) is 2.93. The Bertz CT molecular complexity index is 424. The van der Waals surface area contributed by atoms with E-state index >= 15 is 0 Å². The number of carbonyl (C=O) groups excluding carboxylic acids is 1. The maximum atomic E-state index is 12.3. The lowest BCUT2D eigenvalue weighted by atomic mass is 9.85. The molecule has 100 valence electrons. The molecule has 1 N–H and O–H groups in total. The summed E-state index contributed by atoms with van der Waals surface area (Å²) in [4.78, 5) is 12.3. The van der Waals surface area contributed by atoms with Crippen molar-refractivity contribution >= 4 is 39.1 Å². The second-order valence-corrected chi connectivity index (χ2v) is 6.42. The van der Waals surface area contributed by atoms with Gasteiger partial charge in [0.25, 0.3) is 0 Å². The standard InChI is InChI=1S/C14H19BrClNO/c1-8(2)13(9(3)4)14(18)17-12-7-10(16)5-6-11(12)15/h5-9,13H,1-4H3,(H,17,18). The zero-order chi connectivity index (χ0) is 13.9. The highest BCUT2D eigenvalue weighted by molar-refractivity contribution is 9.10. The normalized spacial score (nSPS) is 11.4. The molecule has 1 aromatic rings. The quantitative estimate of drug-likeness (QED) is 0.828. The van der Waals surface area contributed by atoms with Crippen molar-refractivity contribution < 1.29 is 4.79 Å². The van der Waals surface area contributed by atoms with Crippen molar-refractivity contribution in [3.63, 3.8) is 0 Å². The van der Waals surface area contributed by atoms with E-state index in [4.69, 9.17) is 11.6 Å². The molecular weight excluding hydrogens is 314 g/mol. The van der Waals surface area contributed by atoms with Crippen molar-refractivity contribution in [3.05, 3.63) is 27.7 Å². The minimum absolute atomic E-state index is 0.00381. The second-order valence-electron chi connectivity index (χ2n) is 5.13. The topological polar surface area (TPSA) is 29.1 Å². The van der Waals surface area contributed by atoms with E-state index in [2.05, 4.69) is 48.9 Å². The van der Waals surface area contributed by atoms with Gasteiger partial charge in [-0.1, -0.05) is 39.3 Å². The fourth-order valence-corrected chi connectivity index (χ4v) is 2.70. The number of hydrogen-bond acceptors (Lipinski definition) is 1. The summed E-state index contributed by atoms with van der Waals surface area (Å²) in [7, 11) is 0. The van der Waals surface area contributed by atoms with Crippen LogP contribution in [0.3, 0.4) is 0 Å². The second kappa shape index (κ2) is 6.58. The van der Waals surface area contributed by atoms with Gasteiger partial charge < -0.3 is 5.32 Å². The van der Waals surface area contributed by atoms with Crippen molar-refractivity contribution in [2.75, 3.05) is 5.32 Å². The van der Waals surface area contributed by atoms with E-state index in [1.807, 2.05) is 6.07 Å². The number of carbonyl (C=O) groups is 1. The number of rotatable bonds is 4. The molecule has 18 heavy (non-hydrogen) atoms. The number of amides is 1. The average molecular weight is 333 g/mol. The Hall–Kier alpha value is -0.540. The number of hydrogen-bond donors (Lipinski definition) is 1. The lowest BCUT2D eigenvalue weighted by Gasteiger charge is -2.24. The van der Waals surface area contributed by atoms with Crippen LogP contribution < -0.4 is 5.32 Å². The molecule has 2 nitrogen and oxygen atoms in total. The molecule has 0 aliphatic heterocycles. The molecule has 0 atom stereocenters.